The molecule has 5 N–H and O–H groups in total. The van der Waals surface area contributed by atoms with Crippen molar-refractivity contribution in [3.05, 3.63) is 39.7 Å². The molecule has 33 heavy (non-hydrogen) atoms. The summed E-state index contributed by atoms with van der Waals surface area (Å²) in [7, 11) is 1.49. The van der Waals surface area contributed by atoms with Gasteiger partial charge in [-0.3, -0.25) is 24.2 Å². The number of carbonyl (C=O) groups excluding carboxylic acids is 3. The van der Waals surface area contributed by atoms with Crippen LogP contribution in [0.4, 0.5) is 17.5 Å². The number of rotatable bonds is 5. The smallest absolute Gasteiger partial charge is 0.258 e. The number of nitrogens with two attached hydrogens (primary N) is 1. The number of nitrogens with zero attached hydrogens (tertiary/aromatic N) is 2. The Morgan fingerprint density at radius 2 is 1.97 bits per heavy atom. The minimum atomic E-state index is -1.01. The van der Waals surface area contributed by atoms with Gasteiger partial charge in [-0.1, -0.05) is 6.07 Å². The molecule has 1 saturated heterocycles. The van der Waals surface area contributed by atoms with Gasteiger partial charge in [0.2, 0.25) is 23.7 Å². The van der Waals surface area contributed by atoms with E-state index in [1.807, 2.05) is 17.9 Å². The molecule has 2 aromatic rings. The molecule has 0 saturated carbocycles. The van der Waals surface area contributed by atoms with Gasteiger partial charge >= 0.3 is 0 Å². The lowest BCUT2D eigenvalue weighted by atomic mass is 9.92. The van der Waals surface area contributed by atoms with E-state index in [1.165, 1.54) is 7.11 Å². The zero-order valence-electron chi connectivity index (χ0n) is 18.4. The summed E-state index contributed by atoms with van der Waals surface area (Å²) in [6, 6.07) is 5.33. The van der Waals surface area contributed by atoms with Gasteiger partial charge in [0, 0.05) is 25.4 Å². The molecule has 0 bridgehead atoms. The van der Waals surface area contributed by atoms with Crippen LogP contribution in [0, 0.1) is 12.8 Å². The van der Waals surface area contributed by atoms with E-state index in [2.05, 4.69) is 20.6 Å². The van der Waals surface area contributed by atoms with Gasteiger partial charge in [0.05, 0.1) is 24.3 Å². The second-order valence-corrected chi connectivity index (χ2v) is 8.31. The number of hydrogen-bond acceptors (Lipinski definition) is 7. The molecule has 1 atom stereocenters. The Kier molecular flexibility index (Phi) is 6.03. The van der Waals surface area contributed by atoms with Gasteiger partial charge in [-0.05, 0) is 37.5 Å². The molecule has 0 spiro atoms. The fourth-order valence-corrected chi connectivity index (χ4v) is 4.25. The highest BCUT2D eigenvalue weighted by Gasteiger charge is 2.36. The zero-order valence-corrected chi connectivity index (χ0v) is 18.4. The average Bonchev–Trinajstić information content (AvgIpc) is 2.78. The van der Waals surface area contributed by atoms with Gasteiger partial charge < -0.3 is 26.0 Å². The molecular weight excluding hydrogens is 428 g/mol. The van der Waals surface area contributed by atoms with Crippen LogP contribution in [0.1, 0.15) is 36.3 Å². The summed E-state index contributed by atoms with van der Waals surface area (Å²) in [6.45, 7) is 2.85. The van der Waals surface area contributed by atoms with Crippen LogP contribution in [0.3, 0.4) is 0 Å². The molecule has 4 rings (SSSR count). The number of nitrogens with one attached hydrogen (secondary N) is 3. The molecule has 11 heteroatoms. The van der Waals surface area contributed by atoms with Crippen LogP contribution in [-0.2, 0) is 14.4 Å². The normalized spacial score (nSPS) is 18.3. The van der Waals surface area contributed by atoms with E-state index in [9.17, 15) is 19.2 Å². The summed E-state index contributed by atoms with van der Waals surface area (Å²) in [5.74, 6) is -1.65. The number of anilines is 3. The van der Waals surface area contributed by atoms with Gasteiger partial charge in [-0.25, -0.2) is 0 Å². The van der Waals surface area contributed by atoms with Crippen molar-refractivity contribution in [1.29, 1.82) is 0 Å². The number of piperidine rings is 1. The SMILES string of the molecule is COc1ccc(C)cc1NC(=O)[C@H]1CC(=O)Nc2nc(N3CCC(C(N)=O)CC3)[nH]c(=O)c21. The quantitative estimate of drug-likeness (QED) is 0.521. The Morgan fingerprint density at radius 1 is 1.24 bits per heavy atom. The van der Waals surface area contributed by atoms with E-state index in [0.717, 1.165) is 5.56 Å². The van der Waals surface area contributed by atoms with Gasteiger partial charge in [0.15, 0.2) is 0 Å². The molecule has 1 aromatic heterocycles. The third-order valence-electron chi connectivity index (χ3n) is 6.06. The number of aromatic nitrogens is 2. The summed E-state index contributed by atoms with van der Waals surface area (Å²) in [5.41, 5.74) is 6.36. The van der Waals surface area contributed by atoms with Gasteiger partial charge in [0.25, 0.3) is 5.56 Å². The van der Waals surface area contributed by atoms with Gasteiger partial charge in [-0.2, -0.15) is 4.98 Å². The fraction of sp³-hybridized carbons (Fsp3) is 0.409. The maximum absolute atomic E-state index is 13.1. The van der Waals surface area contributed by atoms with Crippen LogP contribution >= 0.6 is 0 Å². The van der Waals surface area contributed by atoms with Crippen molar-refractivity contribution >= 4 is 35.2 Å². The first-order chi connectivity index (χ1) is 15.8. The van der Waals surface area contributed by atoms with Crippen molar-refractivity contribution in [3.8, 4) is 5.75 Å². The molecule has 2 aliphatic heterocycles. The third-order valence-corrected chi connectivity index (χ3v) is 6.06. The van der Waals surface area contributed by atoms with E-state index in [1.54, 1.807) is 12.1 Å². The number of ether oxygens (including phenoxy) is 1. The number of H-pyrrole nitrogens is 1. The lowest BCUT2D eigenvalue weighted by Gasteiger charge is -2.32. The zero-order chi connectivity index (χ0) is 23.7. The number of aromatic amines is 1. The van der Waals surface area contributed by atoms with E-state index >= 15 is 0 Å². The van der Waals surface area contributed by atoms with Crippen molar-refractivity contribution in [2.75, 3.05) is 35.7 Å². The lowest BCUT2D eigenvalue weighted by Crippen LogP contribution is -2.41. The van der Waals surface area contributed by atoms with E-state index in [-0.39, 0.29) is 35.6 Å². The number of aryl methyl sites for hydroxylation is 1. The Balaban J connectivity index is 1.61. The monoisotopic (exact) mass is 454 g/mol. The summed E-state index contributed by atoms with van der Waals surface area (Å²) >= 11 is 0. The van der Waals surface area contributed by atoms with E-state index in [0.29, 0.717) is 37.4 Å². The molecule has 11 nitrogen and oxygen atoms in total. The van der Waals surface area contributed by atoms with E-state index in [4.69, 9.17) is 10.5 Å². The highest BCUT2D eigenvalue weighted by atomic mass is 16.5. The third kappa shape index (κ3) is 4.52. The molecule has 3 amide bonds. The Morgan fingerprint density at radius 3 is 2.64 bits per heavy atom. The first kappa shape index (κ1) is 22.3. The first-order valence-electron chi connectivity index (χ1n) is 10.7. The fourth-order valence-electron chi connectivity index (χ4n) is 4.25. The van der Waals surface area contributed by atoms with Crippen molar-refractivity contribution in [1.82, 2.24) is 9.97 Å². The summed E-state index contributed by atoms with van der Waals surface area (Å²) < 4.78 is 5.30. The van der Waals surface area contributed by atoms with Crippen LogP contribution in [0.2, 0.25) is 0 Å². The van der Waals surface area contributed by atoms with Crippen molar-refractivity contribution < 1.29 is 19.1 Å². The molecule has 2 aliphatic rings. The van der Waals surface area contributed by atoms with Crippen molar-refractivity contribution in [2.24, 2.45) is 11.7 Å². The minimum absolute atomic E-state index is 0.0679. The number of primary amides is 1. The highest BCUT2D eigenvalue weighted by molar-refractivity contribution is 6.05. The van der Waals surface area contributed by atoms with Crippen LogP contribution in [0.5, 0.6) is 5.75 Å². The largest absolute Gasteiger partial charge is 0.495 e. The maximum Gasteiger partial charge on any atom is 0.258 e. The van der Waals surface area contributed by atoms with Gasteiger partial charge in [0.1, 0.15) is 11.6 Å². The van der Waals surface area contributed by atoms with Crippen LogP contribution < -0.4 is 31.6 Å². The number of hydrogen-bond donors (Lipinski definition) is 4. The number of fused-ring (bicyclic) bond motifs is 1. The average molecular weight is 454 g/mol. The second kappa shape index (κ2) is 8.93. The van der Waals surface area contributed by atoms with Crippen LogP contribution in [-0.4, -0.2) is 47.9 Å². The molecule has 1 fully saturated rings. The number of benzene rings is 1. The lowest BCUT2D eigenvalue weighted by molar-refractivity contribution is -0.123. The molecule has 1 aromatic carbocycles. The Hall–Kier alpha value is -3.89. The molecule has 0 aliphatic carbocycles. The molecule has 3 heterocycles. The van der Waals surface area contributed by atoms with Crippen LogP contribution in [0.15, 0.2) is 23.0 Å². The number of methoxy groups -OCH3 is 1. The van der Waals surface area contributed by atoms with Crippen LogP contribution in [0.25, 0.3) is 0 Å². The molecule has 0 unspecified atom stereocenters. The van der Waals surface area contributed by atoms with E-state index < -0.39 is 23.3 Å². The topological polar surface area (TPSA) is 160 Å². The Bertz CT molecular complexity index is 1170. The summed E-state index contributed by atoms with van der Waals surface area (Å²) in [6.07, 6.45) is 0.915. The standard InChI is InChI=1S/C22H26N6O5/c1-11-3-4-15(33-2)14(9-11)24-20(31)13-10-16(29)25-19-17(13)21(32)27-22(26-19)28-7-5-12(6-8-28)18(23)30/h3-4,9,12-13H,5-8,10H2,1-2H3,(H2,23,30)(H,24,31)(H2,25,26,27,29,32)/t13-/m0/s1. The number of carbonyl (C=O) groups is 3. The molecule has 0 radical (unpaired) electrons. The molecular formula is C22H26N6O5. The predicted molar refractivity (Wildman–Crippen MR) is 121 cm³/mol. The minimum Gasteiger partial charge on any atom is -0.495 e. The number of amides is 3. The van der Waals surface area contributed by atoms with Crippen molar-refractivity contribution in [2.45, 2.75) is 32.1 Å². The van der Waals surface area contributed by atoms with Crippen molar-refractivity contribution in [3.63, 3.8) is 0 Å². The summed E-state index contributed by atoms with van der Waals surface area (Å²) in [5, 5.41) is 5.39. The maximum atomic E-state index is 13.1. The second-order valence-electron chi connectivity index (χ2n) is 8.31. The summed E-state index contributed by atoms with van der Waals surface area (Å²) in [4.78, 5) is 58.9. The molecule has 174 valence electrons. The Labute approximate surface area is 189 Å². The predicted octanol–water partition coefficient (Wildman–Crippen LogP) is 0.853. The highest BCUT2D eigenvalue weighted by Crippen LogP contribution is 2.32. The van der Waals surface area contributed by atoms with Gasteiger partial charge in [-0.15, -0.1) is 0 Å². The first-order valence-corrected chi connectivity index (χ1v) is 10.7.